The Balaban J connectivity index is 0.00000289. The predicted molar refractivity (Wildman–Crippen MR) is 141 cm³/mol. The smallest absolute Gasteiger partial charge is 0.225 e. The highest BCUT2D eigenvalue weighted by atomic mass is 127. The topological polar surface area (TPSA) is 74.8 Å². The van der Waals surface area contributed by atoms with Crippen LogP contribution in [-0.2, 0) is 4.79 Å². The van der Waals surface area contributed by atoms with Crippen molar-refractivity contribution < 1.29 is 9.53 Å². The minimum absolute atomic E-state index is 0. The van der Waals surface area contributed by atoms with E-state index >= 15 is 0 Å². The van der Waals surface area contributed by atoms with Crippen LogP contribution >= 0.6 is 24.0 Å². The summed E-state index contributed by atoms with van der Waals surface area (Å²) in [7, 11) is 0. The number of anilines is 1. The van der Waals surface area contributed by atoms with Crippen molar-refractivity contribution in [3.8, 4) is 5.75 Å². The first-order valence-corrected chi connectivity index (χ1v) is 10.8. The number of benzene rings is 3. The zero-order valence-corrected chi connectivity index (χ0v) is 20.5. The molecule has 1 atom stereocenters. The number of guanidine groups is 1. The van der Waals surface area contributed by atoms with Crippen molar-refractivity contribution in [2.75, 3.05) is 31.6 Å². The van der Waals surface area contributed by atoms with E-state index in [2.05, 4.69) is 40.2 Å². The first-order valence-electron chi connectivity index (χ1n) is 10.8. The molecule has 168 valence electrons. The maximum Gasteiger partial charge on any atom is 0.225 e. The SMILES string of the molecule is CCNC(=NCC1CC(=O)Nc2ccccc21)NCCOc1cccc2ccccc12.I. The molecule has 3 N–H and O–H groups in total. The van der Waals surface area contributed by atoms with Crippen molar-refractivity contribution in [2.24, 2.45) is 4.99 Å². The van der Waals surface area contributed by atoms with Crippen molar-refractivity contribution in [1.29, 1.82) is 0 Å². The quantitative estimate of drug-likeness (QED) is 0.177. The highest BCUT2D eigenvalue weighted by Crippen LogP contribution is 2.32. The molecular formula is C25H29IN4O2. The van der Waals surface area contributed by atoms with Gasteiger partial charge in [-0.3, -0.25) is 9.79 Å². The molecule has 0 fully saturated rings. The molecular weight excluding hydrogens is 515 g/mol. The second-order valence-corrected chi connectivity index (χ2v) is 7.51. The van der Waals surface area contributed by atoms with E-state index in [1.54, 1.807) is 0 Å². The number of carbonyl (C=O) groups is 1. The monoisotopic (exact) mass is 544 g/mol. The summed E-state index contributed by atoms with van der Waals surface area (Å²) in [4.78, 5) is 16.8. The van der Waals surface area contributed by atoms with Crippen molar-refractivity contribution in [3.05, 3.63) is 72.3 Å². The Morgan fingerprint density at radius 2 is 1.84 bits per heavy atom. The molecule has 1 amide bonds. The first-order chi connectivity index (χ1) is 15.2. The van der Waals surface area contributed by atoms with E-state index in [4.69, 9.17) is 9.73 Å². The number of amides is 1. The third-order valence-corrected chi connectivity index (χ3v) is 5.32. The van der Waals surface area contributed by atoms with Gasteiger partial charge in [0.1, 0.15) is 12.4 Å². The molecule has 1 unspecified atom stereocenters. The molecule has 0 spiro atoms. The number of fused-ring (bicyclic) bond motifs is 2. The molecule has 1 heterocycles. The maximum atomic E-state index is 12.0. The van der Waals surface area contributed by atoms with Crippen LogP contribution in [0.3, 0.4) is 0 Å². The van der Waals surface area contributed by atoms with Gasteiger partial charge in [0.15, 0.2) is 5.96 Å². The molecule has 32 heavy (non-hydrogen) atoms. The van der Waals surface area contributed by atoms with Crippen LogP contribution in [0.15, 0.2) is 71.7 Å². The highest BCUT2D eigenvalue weighted by molar-refractivity contribution is 14.0. The number of carbonyl (C=O) groups excluding carboxylic acids is 1. The summed E-state index contributed by atoms with van der Waals surface area (Å²) in [5.41, 5.74) is 2.03. The van der Waals surface area contributed by atoms with Crippen LogP contribution in [0.25, 0.3) is 10.8 Å². The normalized spacial score (nSPS) is 15.3. The van der Waals surface area contributed by atoms with Gasteiger partial charge in [0.05, 0.1) is 13.1 Å². The van der Waals surface area contributed by atoms with Crippen LogP contribution in [0.5, 0.6) is 5.75 Å². The molecule has 0 saturated carbocycles. The van der Waals surface area contributed by atoms with Crippen molar-refractivity contribution in [3.63, 3.8) is 0 Å². The minimum atomic E-state index is 0. The molecule has 0 bridgehead atoms. The van der Waals surface area contributed by atoms with E-state index in [1.165, 1.54) is 5.39 Å². The summed E-state index contributed by atoms with van der Waals surface area (Å²) >= 11 is 0. The fourth-order valence-electron chi connectivity index (χ4n) is 3.86. The molecule has 7 heteroatoms. The van der Waals surface area contributed by atoms with E-state index in [9.17, 15) is 4.79 Å². The van der Waals surface area contributed by atoms with E-state index in [0.29, 0.717) is 26.1 Å². The van der Waals surface area contributed by atoms with E-state index < -0.39 is 0 Å². The lowest BCUT2D eigenvalue weighted by Gasteiger charge is -2.24. The number of rotatable bonds is 7. The number of ether oxygens (including phenoxy) is 1. The van der Waals surface area contributed by atoms with Gasteiger partial charge in [0.25, 0.3) is 0 Å². The number of nitrogens with zero attached hydrogens (tertiary/aromatic N) is 1. The van der Waals surface area contributed by atoms with Gasteiger partial charge in [-0.2, -0.15) is 0 Å². The molecule has 0 aromatic heterocycles. The van der Waals surface area contributed by atoms with Gasteiger partial charge in [-0.05, 0) is 30.0 Å². The van der Waals surface area contributed by atoms with Crippen LogP contribution < -0.4 is 20.7 Å². The van der Waals surface area contributed by atoms with Gasteiger partial charge in [0, 0.05) is 30.0 Å². The van der Waals surface area contributed by atoms with Crippen LogP contribution in [0.1, 0.15) is 24.8 Å². The summed E-state index contributed by atoms with van der Waals surface area (Å²) < 4.78 is 6.00. The second-order valence-electron chi connectivity index (χ2n) is 7.51. The molecule has 0 radical (unpaired) electrons. The van der Waals surface area contributed by atoms with Crippen LogP contribution in [0.2, 0.25) is 0 Å². The highest BCUT2D eigenvalue weighted by Gasteiger charge is 2.24. The zero-order valence-electron chi connectivity index (χ0n) is 18.1. The Hall–Kier alpha value is -2.81. The van der Waals surface area contributed by atoms with Crippen molar-refractivity contribution in [2.45, 2.75) is 19.3 Å². The van der Waals surface area contributed by atoms with Gasteiger partial charge >= 0.3 is 0 Å². The van der Waals surface area contributed by atoms with Gasteiger partial charge in [-0.25, -0.2) is 0 Å². The Labute approximate surface area is 205 Å². The number of hydrogen-bond acceptors (Lipinski definition) is 3. The molecule has 3 aromatic rings. The fraction of sp³-hybridized carbons (Fsp3) is 0.280. The summed E-state index contributed by atoms with van der Waals surface area (Å²) in [5, 5.41) is 11.8. The standard InChI is InChI=1S/C25H28N4O2.HI/c1-2-26-25(28-17-19-16-24(30)29-22-12-6-5-10-20(19)22)27-14-15-31-23-13-7-9-18-8-3-4-11-21(18)23;/h3-13,19H,2,14-17H2,1H3,(H,29,30)(H2,26,27,28);1H. The Bertz CT molecular complexity index is 1080. The first kappa shape index (κ1) is 23.8. The lowest BCUT2D eigenvalue weighted by atomic mass is 9.91. The summed E-state index contributed by atoms with van der Waals surface area (Å²) in [5.74, 6) is 1.73. The molecule has 0 aliphatic carbocycles. The average molecular weight is 544 g/mol. The van der Waals surface area contributed by atoms with Gasteiger partial charge < -0.3 is 20.7 Å². The van der Waals surface area contributed by atoms with E-state index in [1.807, 2.05) is 49.4 Å². The Morgan fingerprint density at radius 1 is 1.06 bits per heavy atom. The van der Waals surface area contributed by atoms with Crippen LogP contribution in [0.4, 0.5) is 5.69 Å². The largest absolute Gasteiger partial charge is 0.491 e. The molecule has 3 aromatic carbocycles. The molecule has 1 aliphatic heterocycles. The van der Waals surface area contributed by atoms with Crippen LogP contribution in [0, 0.1) is 0 Å². The average Bonchev–Trinajstić information content (AvgIpc) is 2.80. The maximum absolute atomic E-state index is 12.0. The van der Waals surface area contributed by atoms with E-state index in [0.717, 1.165) is 34.9 Å². The minimum Gasteiger partial charge on any atom is -0.491 e. The number of hydrogen-bond donors (Lipinski definition) is 3. The number of nitrogens with one attached hydrogen (secondary N) is 3. The Kier molecular flexibility index (Phi) is 8.72. The second kappa shape index (κ2) is 11.7. The third-order valence-electron chi connectivity index (χ3n) is 5.32. The lowest BCUT2D eigenvalue weighted by molar-refractivity contribution is -0.116. The Morgan fingerprint density at radius 3 is 2.72 bits per heavy atom. The van der Waals surface area contributed by atoms with Crippen LogP contribution in [-0.4, -0.2) is 38.1 Å². The predicted octanol–water partition coefficient (Wildman–Crippen LogP) is 4.52. The zero-order chi connectivity index (χ0) is 21.5. The fourth-order valence-corrected chi connectivity index (χ4v) is 3.86. The molecule has 0 saturated heterocycles. The molecule has 1 aliphatic rings. The number of aliphatic imine (C=N–C) groups is 1. The van der Waals surface area contributed by atoms with Crippen molar-refractivity contribution in [1.82, 2.24) is 10.6 Å². The van der Waals surface area contributed by atoms with Crippen molar-refractivity contribution >= 4 is 52.3 Å². The van der Waals surface area contributed by atoms with Gasteiger partial charge in [-0.1, -0.05) is 54.6 Å². The molecule has 6 nitrogen and oxygen atoms in total. The summed E-state index contributed by atoms with van der Waals surface area (Å²) in [6, 6.07) is 22.2. The van der Waals surface area contributed by atoms with Gasteiger partial charge in [0.2, 0.25) is 5.91 Å². The lowest BCUT2D eigenvalue weighted by Crippen LogP contribution is -2.39. The third kappa shape index (κ3) is 5.91. The summed E-state index contributed by atoms with van der Waals surface area (Å²) in [6.07, 6.45) is 0.449. The van der Waals surface area contributed by atoms with Gasteiger partial charge in [-0.15, -0.1) is 24.0 Å². The number of para-hydroxylation sites is 1. The number of halogens is 1. The summed E-state index contributed by atoms with van der Waals surface area (Å²) in [6.45, 7) is 4.48. The molecule has 4 rings (SSSR count). The van der Waals surface area contributed by atoms with E-state index in [-0.39, 0.29) is 35.8 Å².